The summed E-state index contributed by atoms with van der Waals surface area (Å²) in [7, 11) is 0. The maximum absolute atomic E-state index is 13.5. The van der Waals surface area contributed by atoms with Crippen molar-refractivity contribution in [2.75, 3.05) is 6.54 Å². The van der Waals surface area contributed by atoms with Gasteiger partial charge in [-0.3, -0.25) is 0 Å². The lowest BCUT2D eigenvalue weighted by Gasteiger charge is -2.21. The number of benzene rings is 2. The van der Waals surface area contributed by atoms with Crippen molar-refractivity contribution >= 4 is 43.5 Å². The van der Waals surface area contributed by atoms with Gasteiger partial charge in [0.2, 0.25) is 0 Å². The van der Waals surface area contributed by atoms with Gasteiger partial charge in [0.1, 0.15) is 5.82 Å². The molecule has 112 valence electrons. The molecule has 0 bridgehead atoms. The third-order valence-electron chi connectivity index (χ3n) is 3.17. The number of halogens is 4. The smallest absolute Gasteiger partial charge is 0.137 e. The summed E-state index contributed by atoms with van der Waals surface area (Å²) in [6, 6.07) is 10.8. The minimum atomic E-state index is -0.270. The maximum atomic E-state index is 13.5. The fraction of sp³-hybridized carbons (Fsp3) is 0.250. The van der Waals surface area contributed by atoms with Crippen LogP contribution in [0.4, 0.5) is 4.39 Å². The van der Waals surface area contributed by atoms with Crippen LogP contribution in [0.2, 0.25) is 5.02 Å². The predicted octanol–water partition coefficient (Wildman–Crippen LogP) is 6.09. The summed E-state index contributed by atoms with van der Waals surface area (Å²) in [5.41, 5.74) is 1.94. The molecular weight excluding hydrogens is 420 g/mol. The van der Waals surface area contributed by atoms with E-state index in [0.29, 0.717) is 9.50 Å². The van der Waals surface area contributed by atoms with E-state index in [9.17, 15) is 4.39 Å². The number of nitrogens with one attached hydrogen (secondary N) is 1. The van der Waals surface area contributed by atoms with E-state index in [4.69, 9.17) is 11.6 Å². The highest BCUT2D eigenvalue weighted by atomic mass is 79.9. The molecule has 21 heavy (non-hydrogen) atoms. The van der Waals surface area contributed by atoms with Crippen LogP contribution in [-0.2, 0) is 0 Å². The van der Waals surface area contributed by atoms with Gasteiger partial charge in [-0.2, -0.15) is 0 Å². The zero-order valence-corrected chi connectivity index (χ0v) is 15.4. The van der Waals surface area contributed by atoms with Gasteiger partial charge in [-0.25, -0.2) is 4.39 Å². The number of rotatable bonds is 5. The van der Waals surface area contributed by atoms with Gasteiger partial charge in [0, 0.05) is 4.47 Å². The molecule has 1 nitrogen and oxygen atoms in total. The molecule has 0 aliphatic heterocycles. The van der Waals surface area contributed by atoms with Crippen LogP contribution < -0.4 is 5.32 Å². The van der Waals surface area contributed by atoms with E-state index in [1.807, 2.05) is 18.2 Å². The molecule has 0 saturated carbocycles. The molecule has 0 aliphatic rings. The second-order valence-corrected chi connectivity index (χ2v) is 6.79. The van der Waals surface area contributed by atoms with Crippen molar-refractivity contribution in [3.63, 3.8) is 0 Å². The lowest BCUT2D eigenvalue weighted by Crippen LogP contribution is -2.23. The van der Waals surface area contributed by atoms with Crippen LogP contribution >= 0.6 is 43.5 Å². The summed E-state index contributed by atoms with van der Waals surface area (Å²) in [6.07, 6.45) is 1.00. The van der Waals surface area contributed by atoms with Crippen LogP contribution in [0.1, 0.15) is 30.5 Å². The second-order valence-electron chi connectivity index (χ2n) is 4.70. The molecule has 0 amide bonds. The largest absolute Gasteiger partial charge is 0.306 e. The van der Waals surface area contributed by atoms with Crippen LogP contribution in [0.3, 0.4) is 0 Å². The van der Waals surface area contributed by atoms with Gasteiger partial charge in [0.05, 0.1) is 15.5 Å². The molecule has 1 N–H and O–H groups in total. The van der Waals surface area contributed by atoms with Crippen molar-refractivity contribution < 1.29 is 4.39 Å². The lowest BCUT2D eigenvalue weighted by molar-refractivity contribution is 0.591. The second kappa shape index (κ2) is 7.73. The normalized spacial score (nSPS) is 12.4. The molecule has 0 aromatic heterocycles. The molecule has 1 unspecified atom stereocenters. The summed E-state index contributed by atoms with van der Waals surface area (Å²) < 4.78 is 14.8. The predicted molar refractivity (Wildman–Crippen MR) is 93.4 cm³/mol. The number of hydrogen-bond acceptors (Lipinski definition) is 1. The lowest BCUT2D eigenvalue weighted by atomic mass is 9.98. The highest BCUT2D eigenvalue weighted by Crippen LogP contribution is 2.34. The monoisotopic (exact) mass is 433 g/mol. The van der Waals surface area contributed by atoms with Crippen LogP contribution in [0.25, 0.3) is 0 Å². The Morgan fingerprint density at radius 1 is 1.19 bits per heavy atom. The topological polar surface area (TPSA) is 12.0 Å². The molecule has 5 heteroatoms. The van der Waals surface area contributed by atoms with E-state index in [0.717, 1.165) is 28.6 Å². The minimum absolute atomic E-state index is 0.0770. The Hall–Kier alpha value is -0.420. The van der Waals surface area contributed by atoms with Gasteiger partial charge in [-0.1, -0.05) is 36.7 Å². The van der Waals surface area contributed by atoms with Gasteiger partial charge in [-0.05, 0) is 74.2 Å². The Morgan fingerprint density at radius 2 is 1.95 bits per heavy atom. The summed E-state index contributed by atoms with van der Waals surface area (Å²) in [6.45, 7) is 2.95. The molecule has 0 fully saturated rings. The Morgan fingerprint density at radius 3 is 2.62 bits per heavy atom. The van der Waals surface area contributed by atoms with E-state index >= 15 is 0 Å². The molecule has 2 aromatic rings. The highest BCUT2D eigenvalue weighted by molar-refractivity contribution is 9.10. The first-order valence-corrected chi connectivity index (χ1v) is 8.63. The van der Waals surface area contributed by atoms with Crippen molar-refractivity contribution in [2.24, 2.45) is 0 Å². The van der Waals surface area contributed by atoms with Crippen LogP contribution in [0.15, 0.2) is 45.3 Å². The van der Waals surface area contributed by atoms with Crippen molar-refractivity contribution in [1.82, 2.24) is 5.32 Å². The average Bonchev–Trinajstić information content (AvgIpc) is 2.47. The summed E-state index contributed by atoms with van der Waals surface area (Å²) in [4.78, 5) is 0. The quantitative estimate of drug-likeness (QED) is 0.599. The third kappa shape index (κ3) is 4.07. The van der Waals surface area contributed by atoms with Gasteiger partial charge < -0.3 is 5.32 Å². The van der Waals surface area contributed by atoms with Crippen molar-refractivity contribution in [2.45, 2.75) is 19.4 Å². The van der Waals surface area contributed by atoms with Gasteiger partial charge in [0.25, 0.3) is 0 Å². The molecule has 0 radical (unpaired) electrons. The fourth-order valence-electron chi connectivity index (χ4n) is 2.13. The first-order chi connectivity index (χ1) is 10.0. The summed E-state index contributed by atoms with van der Waals surface area (Å²) in [5, 5.41) is 4.14. The first-order valence-electron chi connectivity index (χ1n) is 6.66. The summed E-state index contributed by atoms with van der Waals surface area (Å²) >= 11 is 13.1. The molecule has 2 aromatic carbocycles. The van der Waals surface area contributed by atoms with Gasteiger partial charge in [0.15, 0.2) is 0 Å². The molecule has 0 saturated heterocycles. The molecular formula is C16H15Br2ClFN. The molecule has 0 heterocycles. The van der Waals surface area contributed by atoms with Crippen molar-refractivity contribution in [3.05, 3.63) is 67.3 Å². The van der Waals surface area contributed by atoms with Gasteiger partial charge >= 0.3 is 0 Å². The Balaban J connectivity index is 2.47. The first kappa shape index (κ1) is 16.9. The van der Waals surface area contributed by atoms with E-state index in [1.54, 1.807) is 12.1 Å². The Labute approximate surface area is 146 Å². The van der Waals surface area contributed by atoms with Crippen LogP contribution in [0, 0.1) is 5.82 Å². The van der Waals surface area contributed by atoms with Crippen molar-refractivity contribution in [1.29, 1.82) is 0 Å². The zero-order valence-electron chi connectivity index (χ0n) is 11.5. The fourth-order valence-corrected chi connectivity index (χ4v) is 3.14. The highest BCUT2D eigenvalue weighted by Gasteiger charge is 2.18. The van der Waals surface area contributed by atoms with Crippen LogP contribution in [-0.4, -0.2) is 6.54 Å². The Bertz CT molecular complexity index is 634. The standard InChI is InChI=1S/C16H15Br2ClFN/c1-2-8-21-16(10-6-7-14(20)13(18)9-10)11-4-3-5-12(17)15(11)19/h3-7,9,16,21H,2,8H2,1H3. The molecule has 0 spiro atoms. The van der Waals surface area contributed by atoms with E-state index in [2.05, 4.69) is 44.1 Å². The van der Waals surface area contributed by atoms with E-state index in [1.165, 1.54) is 6.07 Å². The molecule has 2 rings (SSSR count). The molecule has 0 aliphatic carbocycles. The Kier molecular flexibility index (Phi) is 6.23. The van der Waals surface area contributed by atoms with E-state index < -0.39 is 0 Å². The van der Waals surface area contributed by atoms with Crippen LogP contribution in [0.5, 0.6) is 0 Å². The summed E-state index contributed by atoms with van der Waals surface area (Å²) in [5.74, 6) is -0.270. The molecule has 1 atom stereocenters. The minimum Gasteiger partial charge on any atom is -0.306 e. The average molecular weight is 436 g/mol. The van der Waals surface area contributed by atoms with Crippen molar-refractivity contribution in [3.8, 4) is 0 Å². The zero-order chi connectivity index (χ0) is 15.4. The third-order valence-corrected chi connectivity index (χ3v) is 5.09. The van der Waals surface area contributed by atoms with Gasteiger partial charge in [-0.15, -0.1) is 0 Å². The number of hydrogen-bond donors (Lipinski definition) is 1. The maximum Gasteiger partial charge on any atom is 0.137 e. The SMILES string of the molecule is CCCNC(c1ccc(F)c(Br)c1)c1cccc(Br)c1Cl. The van der Waals surface area contributed by atoms with E-state index in [-0.39, 0.29) is 11.9 Å².